The lowest BCUT2D eigenvalue weighted by Crippen LogP contribution is -2.30. The molecule has 4 rings (SSSR count). The van der Waals surface area contributed by atoms with E-state index in [1.165, 1.54) is 10.5 Å². The number of benzene rings is 2. The molecule has 2 heterocycles. The summed E-state index contributed by atoms with van der Waals surface area (Å²) in [4.78, 5) is 29.6. The Labute approximate surface area is 177 Å². The van der Waals surface area contributed by atoms with E-state index < -0.39 is 0 Å². The van der Waals surface area contributed by atoms with Crippen LogP contribution >= 0.6 is 0 Å². The second-order valence-corrected chi connectivity index (χ2v) is 7.08. The molecule has 154 valence electrons. The van der Waals surface area contributed by atoms with Gasteiger partial charge in [-0.3, -0.25) is 19.5 Å². The standard InChI is InChI=1S/C16H14N2O2.C9H12O/c19-15-13-5-1-2-6-14(13)16(20)18(15)11-3-4-12-7-9-17-10-8-12;10-8-4-7-9-5-2-1-3-6-9/h1-2,5-10H,3-4,11H2;1-3,5-6,10H,4,7-8H2. The molecule has 1 N–H and O–H groups in total. The lowest BCUT2D eigenvalue weighted by Gasteiger charge is -2.13. The van der Waals surface area contributed by atoms with Crippen LogP contribution < -0.4 is 0 Å². The molecule has 0 saturated heterocycles. The zero-order chi connectivity index (χ0) is 21.2. The van der Waals surface area contributed by atoms with E-state index in [-0.39, 0.29) is 18.4 Å². The van der Waals surface area contributed by atoms with E-state index in [1.54, 1.807) is 36.7 Å². The van der Waals surface area contributed by atoms with Gasteiger partial charge in [0.1, 0.15) is 0 Å². The molecule has 1 aliphatic heterocycles. The molecule has 5 heteroatoms. The number of aryl methyl sites for hydroxylation is 2. The summed E-state index contributed by atoms with van der Waals surface area (Å²) >= 11 is 0. The Bertz CT molecular complexity index is 923. The lowest BCUT2D eigenvalue weighted by atomic mass is 10.1. The van der Waals surface area contributed by atoms with Crippen molar-refractivity contribution >= 4 is 11.8 Å². The van der Waals surface area contributed by atoms with Gasteiger partial charge in [-0.15, -0.1) is 0 Å². The van der Waals surface area contributed by atoms with Crippen LogP contribution in [-0.2, 0) is 12.8 Å². The number of nitrogens with zero attached hydrogens (tertiary/aromatic N) is 2. The van der Waals surface area contributed by atoms with Crippen molar-refractivity contribution in [2.45, 2.75) is 25.7 Å². The molecule has 2 amide bonds. The SMILES string of the molecule is O=C1c2ccccc2C(=O)N1CCCc1ccncc1.OCCCc1ccccc1. The Kier molecular flexibility index (Phi) is 7.86. The number of fused-ring (bicyclic) bond motifs is 1. The highest BCUT2D eigenvalue weighted by molar-refractivity contribution is 6.21. The summed E-state index contributed by atoms with van der Waals surface area (Å²) in [6.45, 7) is 0.740. The van der Waals surface area contributed by atoms with Gasteiger partial charge < -0.3 is 5.11 Å². The van der Waals surface area contributed by atoms with Crippen molar-refractivity contribution < 1.29 is 14.7 Å². The van der Waals surface area contributed by atoms with Crippen LogP contribution in [0.15, 0.2) is 79.1 Å². The average Bonchev–Trinajstić information content (AvgIpc) is 3.05. The van der Waals surface area contributed by atoms with Gasteiger partial charge in [0.05, 0.1) is 11.1 Å². The minimum absolute atomic E-state index is 0.180. The molecule has 0 spiro atoms. The molecule has 0 radical (unpaired) electrons. The smallest absolute Gasteiger partial charge is 0.261 e. The summed E-state index contributed by atoms with van der Waals surface area (Å²) in [5.41, 5.74) is 3.50. The van der Waals surface area contributed by atoms with E-state index in [1.807, 2.05) is 30.3 Å². The van der Waals surface area contributed by atoms with Crippen molar-refractivity contribution in [3.8, 4) is 0 Å². The van der Waals surface area contributed by atoms with Crippen LogP contribution in [-0.4, -0.2) is 40.0 Å². The van der Waals surface area contributed by atoms with Crippen LogP contribution in [0.25, 0.3) is 0 Å². The number of aliphatic hydroxyl groups excluding tert-OH is 1. The van der Waals surface area contributed by atoms with Crippen LogP contribution in [0, 0.1) is 0 Å². The number of imide groups is 1. The van der Waals surface area contributed by atoms with Crippen LogP contribution in [0.1, 0.15) is 44.7 Å². The van der Waals surface area contributed by atoms with Gasteiger partial charge in [0.2, 0.25) is 0 Å². The van der Waals surface area contributed by atoms with E-state index in [4.69, 9.17) is 5.11 Å². The fourth-order valence-electron chi connectivity index (χ4n) is 3.36. The first-order valence-electron chi connectivity index (χ1n) is 10.2. The van der Waals surface area contributed by atoms with E-state index >= 15 is 0 Å². The van der Waals surface area contributed by atoms with Crippen molar-refractivity contribution in [2.24, 2.45) is 0 Å². The van der Waals surface area contributed by atoms with Gasteiger partial charge in [-0.1, -0.05) is 42.5 Å². The molecule has 1 aliphatic rings. The van der Waals surface area contributed by atoms with Gasteiger partial charge in [0.15, 0.2) is 0 Å². The van der Waals surface area contributed by atoms with Crippen molar-refractivity contribution in [1.82, 2.24) is 9.88 Å². The molecular weight excluding hydrogens is 376 g/mol. The molecule has 0 bridgehead atoms. The minimum Gasteiger partial charge on any atom is -0.396 e. The highest BCUT2D eigenvalue weighted by atomic mass is 16.3. The lowest BCUT2D eigenvalue weighted by molar-refractivity contribution is 0.0652. The minimum atomic E-state index is -0.180. The number of aliphatic hydroxyl groups is 1. The third-order valence-corrected chi connectivity index (χ3v) is 4.94. The molecule has 0 atom stereocenters. The predicted octanol–water partition coefficient (Wildman–Crippen LogP) is 3.92. The normalized spacial score (nSPS) is 12.4. The van der Waals surface area contributed by atoms with Crippen molar-refractivity contribution in [3.63, 3.8) is 0 Å². The maximum absolute atomic E-state index is 12.1. The molecular formula is C25H26N2O3. The predicted molar refractivity (Wildman–Crippen MR) is 116 cm³/mol. The highest BCUT2D eigenvalue weighted by Gasteiger charge is 2.34. The average molecular weight is 402 g/mol. The second kappa shape index (κ2) is 11.0. The summed E-state index contributed by atoms with van der Waals surface area (Å²) in [6.07, 6.45) is 6.93. The number of rotatable bonds is 7. The van der Waals surface area contributed by atoms with Gasteiger partial charge in [-0.05, 0) is 61.1 Å². The quantitative estimate of drug-likeness (QED) is 0.608. The Hall–Kier alpha value is -3.31. The molecule has 2 aromatic carbocycles. The van der Waals surface area contributed by atoms with Gasteiger partial charge in [0, 0.05) is 25.5 Å². The summed E-state index contributed by atoms with van der Waals surface area (Å²) < 4.78 is 0. The fourth-order valence-corrected chi connectivity index (χ4v) is 3.36. The fraction of sp³-hybridized carbons (Fsp3) is 0.240. The molecule has 5 nitrogen and oxygen atoms in total. The highest BCUT2D eigenvalue weighted by Crippen LogP contribution is 2.22. The number of aromatic nitrogens is 1. The van der Waals surface area contributed by atoms with E-state index in [9.17, 15) is 9.59 Å². The number of pyridine rings is 1. The topological polar surface area (TPSA) is 70.5 Å². The van der Waals surface area contributed by atoms with Gasteiger partial charge in [-0.2, -0.15) is 0 Å². The third kappa shape index (κ3) is 5.61. The molecule has 0 aliphatic carbocycles. The molecule has 0 unspecified atom stereocenters. The van der Waals surface area contributed by atoms with Gasteiger partial charge in [0.25, 0.3) is 11.8 Å². The largest absolute Gasteiger partial charge is 0.396 e. The molecule has 0 saturated carbocycles. The molecule has 3 aromatic rings. The monoisotopic (exact) mass is 402 g/mol. The Morgan fingerprint density at radius 3 is 1.83 bits per heavy atom. The summed E-state index contributed by atoms with van der Waals surface area (Å²) in [6, 6.07) is 21.1. The number of carbonyl (C=O) groups excluding carboxylic acids is 2. The first-order valence-corrected chi connectivity index (χ1v) is 10.2. The van der Waals surface area contributed by atoms with Crippen LogP contribution in [0.5, 0.6) is 0 Å². The van der Waals surface area contributed by atoms with Crippen molar-refractivity contribution in [2.75, 3.05) is 13.2 Å². The molecule has 1 aromatic heterocycles. The zero-order valence-electron chi connectivity index (χ0n) is 16.9. The molecule has 0 fully saturated rings. The van der Waals surface area contributed by atoms with Crippen LogP contribution in [0.3, 0.4) is 0 Å². The first kappa shape index (κ1) is 21.4. The summed E-state index contributed by atoms with van der Waals surface area (Å²) in [5.74, 6) is -0.361. The van der Waals surface area contributed by atoms with E-state index in [0.717, 1.165) is 31.2 Å². The Balaban J connectivity index is 0.000000216. The summed E-state index contributed by atoms with van der Waals surface area (Å²) in [5, 5.41) is 8.53. The van der Waals surface area contributed by atoms with Gasteiger partial charge >= 0.3 is 0 Å². The van der Waals surface area contributed by atoms with Gasteiger partial charge in [-0.25, -0.2) is 0 Å². The maximum atomic E-state index is 12.1. The van der Waals surface area contributed by atoms with Crippen molar-refractivity contribution in [3.05, 3.63) is 101 Å². The number of hydrogen-bond donors (Lipinski definition) is 1. The Morgan fingerprint density at radius 1 is 0.700 bits per heavy atom. The summed E-state index contributed by atoms with van der Waals surface area (Å²) in [7, 11) is 0. The number of hydrogen-bond acceptors (Lipinski definition) is 4. The Morgan fingerprint density at radius 2 is 1.23 bits per heavy atom. The van der Waals surface area contributed by atoms with Crippen molar-refractivity contribution in [1.29, 1.82) is 0 Å². The first-order chi connectivity index (χ1) is 14.7. The zero-order valence-corrected chi connectivity index (χ0v) is 16.9. The number of amides is 2. The maximum Gasteiger partial charge on any atom is 0.261 e. The van der Waals surface area contributed by atoms with E-state index in [0.29, 0.717) is 17.7 Å². The second-order valence-electron chi connectivity index (χ2n) is 7.08. The van der Waals surface area contributed by atoms with Crippen LogP contribution in [0.4, 0.5) is 0 Å². The number of carbonyl (C=O) groups is 2. The molecule has 30 heavy (non-hydrogen) atoms. The van der Waals surface area contributed by atoms with E-state index in [2.05, 4.69) is 17.1 Å². The third-order valence-electron chi connectivity index (χ3n) is 4.94. The van der Waals surface area contributed by atoms with Crippen LogP contribution in [0.2, 0.25) is 0 Å².